The van der Waals surface area contributed by atoms with E-state index in [1.165, 1.54) is 4.90 Å². The number of nitrogens with one attached hydrogen (secondary N) is 2. The van der Waals surface area contributed by atoms with Crippen molar-refractivity contribution in [2.45, 2.75) is 84.4 Å². The molecule has 3 rings (SSSR count). The molecule has 0 radical (unpaired) electrons. The zero-order valence-corrected chi connectivity index (χ0v) is 25.8. The van der Waals surface area contributed by atoms with Gasteiger partial charge in [-0.3, -0.25) is 14.4 Å². The maximum absolute atomic E-state index is 14.3. The van der Waals surface area contributed by atoms with Crippen LogP contribution in [-0.2, 0) is 25.5 Å². The highest BCUT2D eigenvalue weighted by molar-refractivity contribution is 6.00. The Labute approximate surface area is 254 Å². The molecule has 0 aliphatic rings. The summed E-state index contributed by atoms with van der Waals surface area (Å²) in [6.07, 6.45) is 1.24. The lowest BCUT2D eigenvalue weighted by Gasteiger charge is -2.34. The summed E-state index contributed by atoms with van der Waals surface area (Å²) in [5.41, 5.74) is 6.93. The third-order valence-electron chi connectivity index (χ3n) is 6.98. The van der Waals surface area contributed by atoms with Crippen LogP contribution in [0.5, 0.6) is 0 Å². The van der Waals surface area contributed by atoms with Gasteiger partial charge in [0.1, 0.15) is 17.7 Å². The van der Waals surface area contributed by atoms with Crippen molar-refractivity contribution >= 4 is 40.3 Å². The SMILES string of the molecule is CCCCN(C(=O)C(CCC(N)=O)NC(=O)OC(C)(C)C)C(C(=O)Nc1ccc2ccccc2c1)c1ccc(CC)cc1. The Morgan fingerprint density at radius 2 is 1.60 bits per heavy atom. The van der Waals surface area contributed by atoms with Crippen LogP contribution in [0.1, 0.15) is 77.5 Å². The number of nitrogens with zero attached hydrogens (tertiary/aromatic N) is 1. The van der Waals surface area contributed by atoms with E-state index >= 15 is 0 Å². The molecule has 0 bridgehead atoms. The Balaban J connectivity index is 2.03. The molecule has 0 spiro atoms. The second-order valence-corrected chi connectivity index (χ2v) is 11.6. The van der Waals surface area contributed by atoms with Gasteiger partial charge in [0.15, 0.2) is 0 Å². The number of aryl methyl sites for hydroxylation is 1. The zero-order chi connectivity index (χ0) is 31.6. The smallest absolute Gasteiger partial charge is 0.408 e. The standard InChI is InChI=1S/C34H44N4O5/c1-6-8-21-38(32(41)28(19-20-29(35)39)37-33(42)43-34(3,4)5)30(25-15-13-23(7-2)14-16-25)31(40)36-27-18-17-24-11-9-10-12-26(24)22-27/h9-18,22,28,30H,6-8,19-21H2,1-5H3,(H2,35,39)(H,36,40)(H,37,42). The molecule has 0 heterocycles. The molecule has 0 fully saturated rings. The third kappa shape index (κ3) is 9.84. The van der Waals surface area contributed by atoms with Crippen LogP contribution in [0.3, 0.4) is 0 Å². The number of hydrogen-bond acceptors (Lipinski definition) is 5. The Hall–Kier alpha value is -4.40. The first kappa shape index (κ1) is 33.1. The van der Waals surface area contributed by atoms with Crippen LogP contribution in [0, 0.1) is 0 Å². The van der Waals surface area contributed by atoms with E-state index in [4.69, 9.17) is 10.5 Å². The van der Waals surface area contributed by atoms with E-state index in [1.807, 2.05) is 80.6 Å². The molecule has 0 saturated heterocycles. The highest BCUT2D eigenvalue weighted by Crippen LogP contribution is 2.27. The monoisotopic (exact) mass is 588 g/mol. The maximum atomic E-state index is 14.3. The number of amides is 4. The molecule has 4 amide bonds. The maximum Gasteiger partial charge on any atom is 0.408 e. The topological polar surface area (TPSA) is 131 Å². The van der Waals surface area contributed by atoms with Crippen molar-refractivity contribution in [1.29, 1.82) is 0 Å². The van der Waals surface area contributed by atoms with Gasteiger partial charge in [0.25, 0.3) is 5.91 Å². The predicted octanol–water partition coefficient (Wildman–Crippen LogP) is 5.87. The molecule has 4 N–H and O–H groups in total. The van der Waals surface area contributed by atoms with Crippen LogP contribution < -0.4 is 16.4 Å². The highest BCUT2D eigenvalue weighted by Gasteiger charge is 2.36. The van der Waals surface area contributed by atoms with E-state index in [2.05, 4.69) is 10.6 Å². The molecule has 3 aromatic rings. The van der Waals surface area contributed by atoms with Crippen LogP contribution in [0.2, 0.25) is 0 Å². The number of nitrogens with two attached hydrogens (primary N) is 1. The Morgan fingerprint density at radius 1 is 0.930 bits per heavy atom. The average Bonchev–Trinajstić information content (AvgIpc) is 2.96. The summed E-state index contributed by atoms with van der Waals surface area (Å²) < 4.78 is 5.40. The van der Waals surface area contributed by atoms with Crippen molar-refractivity contribution in [2.24, 2.45) is 5.73 Å². The van der Waals surface area contributed by atoms with Crippen LogP contribution >= 0.6 is 0 Å². The first-order chi connectivity index (χ1) is 20.4. The molecule has 230 valence electrons. The summed E-state index contributed by atoms with van der Waals surface area (Å²) in [7, 11) is 0. The van der Waals surface area contributed by atoms with Crippen molar-refractivity contribution < 1.29 is 23.9 Å². The van der Waals surface area contributed by atoms with Gasteiger partial charge in [0, 0.05) is 18.7 Å². The van der Waals surface area contributed by atoms with Gasteiger partial charge in [0.05, 0.1) is 0 Å². The summed E-state index contributed by atoms with van der Waals surface area (Å²) in [6.45, 7) is 9.44. The average molecular weight is 589 g/mol. The number of fused-ring (bicyclic) bond motifs is 1. The molecule has 43 heavy (non-hydrogen) atoms. The normalized spacial score (nSPS) is 12.7. The number of carbonyl (C=O) groups is 4. The molecule has 3 aromatic carbocycles. The highest BCUT2D eigenvalue weighted by atomic mass is 16.6. The first-order valence-electron chi connectivity index (χ1n) is 14.9. The van der Waals surface area contributed by atoms with Gasteiger partial charge >= 0.3 is 6.09 Å². The molecule has 0 aliphatic carbocycles. The van der Waals surface area contributed by atoms with Crippen LogP contribution in [-0.4, -0.2) is 46.9 Å². The fourth-order valence-electron chi connectivity index (χ4n) is 4.78. The molecule has 0 aromatic heterocycles. The van der Waals surface area contributed by atoms with E-state index in [9.17, 15) is 19.2 Å². The van der Waals surface area contributed by atoms with Gasteiger partial charge in [-0.2, -0.15) is 0 Å². The third-order valence-corrected chi connectivity index (χ3v) is 6.98. The minimum atomic E-state index is -1.13. The fraction of sp³-hybridized carbons (Fsp3) is 0.412. The Bertz CT molecular complexity index is 1410. The number of anilines is 1. The fourth-order valence-corrected chi connectivity index (χ4v) is 4.78. The Morgan fingerprint density at radius 3 is 2.21 bits per heavy atom. The number of ether oxygens (including phenoxy) is 1. The van der Waals surface area contributed by atoms with Crippen molar-refractivity contribution in [2.75, 3.05) is 11.9 Å². The minimum absolute atomic E-state index is 0.0379. The number of carbonyl (C=O) groups excluding carboxylic acids is 4. The molecular formula is C34H44N4O5. The van der Waals surface area contributed by atoms with E-state index in [0.717, 1.165) is 29.2 Å². The van der Waals surface area contributed by atoms with Gasteiger partial charge in [-0.25, -0.2) is 4.79 Å². The lowest BCUT2D eigenvalue weighted by atomic mass is 9.99. The number of benzene rings is 3. The summed E-state index contributed by atoms with van der Waals surface area (Å²) in [4.78, 5) is 54.3. The number of hydrogen-bond donors (Lipinski definition) is 3. The van der Waals surface area contributed by atoms with Crippen molar-refractivity contribution in [1.82, 2.24) is 10.2 Å². The van der Waals surface area contributed by atoms with E-state index in [0.29, 0.717) is 17.7 Å². The quantitative estimate of drug-likeness (QED) is 0.230. The largest absolute Gasteiger partial charge is 0.444 e. The van der Waals surface area contributed by atoms with E-state index in [-0.39, 0.29) is 19.4 Å². The van der Waals surface area contributed by atoms with Gasteiger partial charge in [-0.1, -0.05) is 74.9 Å². The number of rotatable bonds is 13. The van der Waals surface area contributed by atoms with E-state index in [1.54, 1.807) is 20.8 Å². The summed E-state index contributed by atoms with van der Waals surface area (Å²) in [5, 5.41) is 7.65. The van der Waals surface area contributed by atoms with Crippen LogP contribution in [0.4, 0.5) is 10.5 Å². The molecule has 2 unspecified atom stereocenters. The van der Waals surface area contributed by atoms with Gasteiger partial charge in [0.2, 0.25) is 11.8 Å². The van der Waals surface area contributed by atoms with Crippen molar-refractivity contribution in [3.63, 3.8) is 0 Å². The van der Waals surface area contributed by atoms with Gasteiger partial charge in [-0.05, 0) is 74.1 Å². The van der Waals surface area contributed by atoms with Crippen LogP contribution in [0.25, 0.3) is 10.8 Å². The van der Waals surface area contributed by atoms with Crippen LogP contribution in [0.15, 0.2) is 66.7 Å². The molecule has 0 saturated carbocycles. The molecule has 0 aliphatic heterocycles. The molecule has 9 nitrogen and oxygen atoms in total. The predicted molar refractivity (Wildman–Crippen MR) is 169 cm³/mol. The summed E-state index contributed by atoms with van der Waals surface area (Å²) >= 11 is 0. The summed E-state index contributed by atoms with van der Waals surface area (Å²) in [5.74, 6) is -1.50. The number of alkyl carbamates (subject to hydrolysis) is 1. The lowest BCUT2D eigenvalue weighted by molar-refractivity contribution is -0.141. The second kappa shape index (κ2) is 15.2. The number of unbranched alkanes of at least 4 members (excludes halogenated alkanes) is 1. The van der Waals surface area contributed by atoms with Crippen molar-refractivity contribution in [3.8, 4) is 0 Å². The second-order valence-electron chi connectivity index (χ2n) is 11.6. The molecule has 2 atom stereocenters. The summed E-state index contributed by atoms with van der Waals surface area (Å²) in [6, 6.07) is 19.0. The number of primary amides is 1. The van der Waals surface area contributed by atoms with E-state index < -0.39 is 41.5 Å². The van der Waals surface area contributed by atoms with Gasteiger partial charge in [-0.15, -0.1) is 0 Å². The minimum Gasteiger partial charge on any atom is -0.444 e. The molecular weight excluding hydrogens is 544 g/mol. The van der Waals surface area contributed by atoms with Gasteiger partial charge < -0.3 is 26.0 Å². The molecule has 9 heteroatoms. The zero-order valence-electron chi connectivity index (χ0n) is 25.8. The van der Waals surface area contributed by atoms with Crippen molar-refractivity contribution in [3.05, 3.63) is 77.9 Å². The lowest BCUT2D eigenvalue weighted by Crippen LogP contribution is -2.52. The first-order valence-corrected chi connectivity index (χ1v) is 14.9. The Kier molecular flexibility index (Phi) is 11.7.